The third-order valence-electron chi connectivity index (χ3n) is 4.60. The summed E-state index contributed by atoms with van der Waals surface area (Å²) in [6, 6.07) is 3.02. The first-order valence-corrected chi connectivity index (χ1v) is 7.05. The number of nitrogens with zero attached hydrogens (tertiary/aromatic N) is 1. The van der Waals surface area contributed by atoms with Crippen LogP contribution in [0.3, 0.4) is 0 Å². The maximum Gasteiger partial charge on any atom is 0.256 e. The highest BCUT2D eigenvalue weighted by Crippen LogP contribution is 2.37. The van der Waals surface area contributed by atoms with E-state index in [-0.39, 0.29) is 5.56 Å². The van der Waals surface area contributed by atoms with Gasteiger partial charge in [-0.15, -0.1) is 0 Å². The molecule has 5 heteroatoms. The summed E-state index contributed by atoms with van der Waals surface area (Å²) < 4.78 is 26.8. The minimum atomic E-state index is -0.654. The van der Waals surface area contributed by atoms with Crippen LogP contribution in [-0.4, -0.2) is 37.0 Å². The predicted octanol–water partition coefficient (Wildman–Crippen LogP) is 2.18. The Morgan fingerprint density at radius 3 is 2.60 bits per heavy atom. The van der Waals surface area contributed by atoms with Crippen LogP contribution >= 0.6 is 0 Å². The molecule has 0 radical (unpaired) electrons. The van der Waals surface area contributed by atoms with Crippen molar-refractivity contribution in [1.82, 2.24) is 10.2 Å². The molecule has 1 amide bonds. The number of likely N-dealkylation sites (tertiary alicyclic amines) is 1. The third-order valence-corrected chi connectivity index (χ3v) is 4.60. The van der Waals surface area contributed by atoms with Crippen LogP contribution < -0.4 is 5.32 Å². The Bertz CT molecular complexity index is 517. The van der Waals surface area contributed by atoms with Gasteiger partial charge >= 0.3 is 0 Å². The summed E-state index contributed by atoms with van der Waals surface area (Å²) >= 11 is 0. The van der Waals surface area contributed by atoms with Gasteiger partial charge in [-0.25, -0.2) is 8.78 Å². The van der Waals surface area contributed by atoms with Crippen LogP contribution in [-0.2, 0) is 0 Å². The van der Waals surface area contributed by atoms with E-state index in [1.54, 1.807) is 4.90 Å². The average molecular weight is 280 g/mol. The first-order chi connectivity index (χ1) is 9.60. The molecular formula is C15H18F2N2O. The molecule has 0 bridgehead atoms. The van der Waals surface area contributed by atoms with Gasteiger partial charge in [0.05, 0.1) is 5.56 Å². The quantitative estimate of drug-likeness (QED) is 0.855. The number of halogens is 2. The van der Waals surface area contributed by atoms with Gasteiger partial charge in [0.1, 0.15) is 11.6 Å². The van der Waals surface area contributed by atoms with Crippen molar-refractivity contribution in [3.05, 3.63) is 35.4 Å². The number of amides is 1. The van der Waals surface area contributed by atoms with Crippen LogP contribution in [0.2, 0.25) is 0 Å². The number of carbonyl (C=O) groups excluding carboxylic acids is 1. The van der Waals surface area contributed by atoms with Crippen LogP contribution in [0, 0.1) is 17.0 Å². The molecule has 1 spiro atoms. The minimum Gasteiger partial charge on any atom is -0.339 e. The molecule has 108 valence electrons. The van der Waals surface area contributed by atoms with E-state index in [2.05, 4.69) is 5.32 Å². The summed E-state index contributed by atoms with van der Waals surface area (Å²) in [6.45, 7) is 3.28. The number of benzene rings is 1. The predicted molar refractivity (Wildman–Crippen MR) is 71.4 cm³/mol. The maximum absolute atomic E-state index is 13.6. The van der Waals surface area contributed by atoms with Crippen molar-refractivity contribution < 1.29 is 13.6 Å². The van der Waals surface area contributed by atoms with Crippen LogP contribution in [0.1, 0.15) is 29.6 Å². The number of rotatable bonds is 1. The van der Waals surface area contributed by atoms with E-state index in [1.165, 1.54) is 0 Å². The van der Waals surface area contributed by atoms with E-state index in [1.807, 2.05) is 0 Å². The number of nitrogens with one attached hydrogen (secondary N) is 1. The fourth-order valence-corrected chi connectivity index (χ4v) is 3.24. The fourth-order valence-electron chi connectivity index (χ4n) is 3.24. The molecule has 20 heavy (non-hydrogen) atoms. The lowest BCUT2D eigenvalue weighted by atomic mass is 9.78. The number of piperidine rings is 1. The second-order valence-corrected chi connectivity index (χ2v) is 5.84. The van der Waals surface area contributed by atoms with Crippen LogP contribution in [0.15, 0.2) is 18.2 Å². The Morgan fingerprint density at radius 1 is 1.20 bits per heavy atom. The van der Waals surface area contributed by atoms with Gasteiger partial charge in [0.2, 0.25) is 0 Å². The molecule has 0 atom stereocenters. The van der Waals surface area contributed by atoms with Crippen molar-refractivity contribution in [2.75, 3.05) is 26.2 Å². The Hall–Kier alpha value is -1.49. The average Bonchev–Trinajstić information content (AvgIpc) is 2.90. The molecule has 0 aromatic heterocycles. The SMILES string of the molecule is O=C(c1cc(F)ccc1F)N1CCC2(CCNC2)CC1. The number of hydrogen-bond donors (Lipinski definition) is 1. The standard InChI is InChI=1S/C15H18F2N2O/c16-11-1-2-13(17)12(9-11)14(20)19-7-4-15(5-8-19)3-6-18-10-15/h1-2,9,18H,3-8,10H2. The van der Waals surface area contributed by atoms with Gasteiger partial charge in [-0.2, -0.15) is 0 Å². The molecular weight excluding hydrogens is 262 g/mol. The molecule has 0 unspecified atom stereocenters. The van der Waals surface area contributed by atoms with E-state index < -0.39 is 17.5 Å². The molecule has 1 N–H and O–H groups in total. The largest absolute Gasteiger partial charge is 0.339 e. The Balaban J connectivity index is 1.71. The van der Waals surface area contributed by atoms with E-state index in [4.69, 9.17) is 0 Å². The van der Waals surface area contributed by atoms with Gasteiger partial charge in [0.25, 0.3) is 5.91 Å². The van der Waals surface area contributed by atoms with E-state index >= 15 is 0 Å². The van der Waals surface area contributed by atoms with Crippen LogP contribution in [0.4, 0.5) is 8.78 Å². The van der Waals surface area contributed by atoms with Gasteiger partial charge < -0.3 is 10.2 Å². The normalized spacial score (nSPS) is 21.4. The number of carbonyl (C=O) groups is 1. The summed E-state index contributed by atoms with van der Waals surface area (Å²) in [5.41, 5.74) is 0.141. The first-order valence-electron chi connectivity index (χ1n) is 7.05. The zero-order valence-electron chi connectivity index (χ0n) is 11.3. The van der Waals surface area contributed by atoms with Crippen molar-refractivity contribution in [1.29, 1.82) is 0 Å². The van der Waals surface area contributed by atoms with E-state index in [0.29, 0.717) is 18.5 Å². The summed E-state index contributed by atoms with van der Waals surface area (Å²) in [4.78, 5) is 13.9. The Labute approximate surface area is 117 Å². The lowest BCUT2D eigenvalue weighted by molar-refractivity contribution is 0.0602. The third kappa shape index (κ3) is 2.42. The molecule has 0 saturated carbocycles. The lowest BCUT2D eigenvalue weighted by Gasteiger charge is -2.38. The van der Waals surface area contributed by atoms with Crippen molar-refractivity contribution in [3.8, 4) is 0 Å². The second kappa shape index (κ2) is 5.13. The fraction of sp³-hybridized carbons (Fsp3) is 0.533. The van der Waals surface area contributed by atoms with E-state index in [0.717, 1.165) is 50.6 Å². The van der Waals surface area contributed by atoms with Crippen molar-refractivity contribution in [2.24, 2.45) is 5.41 Å². The molecule has 2 aliphatic heterocycles. The molecule has 2 heterocycles. The molecule has 2 saturated heterocycles. The molecule has 3 rings (SSSR count). The smallest absolute Gasteiger partial charge is 0.256 e. The zero-order valence-corrected chi connectivity index (χ0v) is 11.3. The molecule has 3 nitrogen and oxygen atoms in total. The number of hydrogen-bond acceptors (Lipinski definition) is 2. The Morgan fingerprint density at radius 2 is 1.95 bits per heavy atom. The summed E-state index contributed by atoms with van der Waals surface area (Å²) in [7, 11) is 0. The molecule has 1 aromatic carbocycles. The van der Waals surface area contributed by atoms with Crippen molar-refractivity contribution >= 4 is 5.91 Å². The summed E-state index contributed by atoms with van der Waals surface area (Å²) in [5, 5.41) is 3.36. The Kier molecular flexibility index (Phi) is 3.46. The van der Waals surface area contributed by atoms with Gasteiger partial charge in [0, 0.05) is 19.6 Å². The topological polar surface area (TPSA) is 32.3 Å². The van der Waals surface area contributed by atoms with E-state index in [9.17, 15) is 13.6 Å². The van der Waals surface area contributed by atoms with Crippen molar-refractivity contribution in [3.63, 3.8) is 0 Å². The highest BCUT2D eigenvalue weighted by Gasteiger charge is 2.38. The van der Waals surface area contributed by atoms with Crippen LogP contribution in [0.25, 0.3) is 0 Å². The van der Waals surface area contributed by atoms with Gasteiger partial charge in [0.15, 0.2) is 0 Å². The monoisotopic (exact) mass is 280 g/mol. The molecule has 2 aliphatic rings. The van der Waals surface area contributed by atoms with Crippen LogP contribution in [0.5, 0.6) is 0 Å². The highest BCUT2D eigenvalue weighted by molar-refractivity contribution is 5.94. The maximum atomic E-state index is 13.6. The minimum absolute atomic E-state index is 0.162. The highest BCUT2D eigenvalue weighted by atomic mass is 19.1. The molecule has 1 aromatic rings. The zero-order chi connectivity index (χ0) is 14.2. The summed E-state index contributed by atoms with van der Waals surface area (Å²) in [5.74, 6) is -1.63. The van der Waals surface area contributed by atoms with Gasteiger partial charge in [-0.1, -0.05) is 0 Å². The second-order valence-electron chi connectivity index (χ2n) is 5.84. The molecule has 0 aliphatic carbocycles. The van der Waals surface area contributed by atoms with Crippen molar-refractivity contribution in [2.45, 2.75) is 19.3 Å². The van der Waals surface area contributed by atoms with Gasteiger partial charge in [-0.05, 0) is 49.4 Å². The van der Waals surface area contributed by atoms with Gasteiger partial charge in [-0.3, -0.25) is 4.79 Å². The lowest BCUT2D eigenvalue weighted by Crippen LogP contribution is -2.44. The molecule has 2 fully saturated rings. The first kappa shape index (κ1) is 13.5. The summed E-state index contributed by atoms with van der Waals surface area (Å²) in [6.07, 6.45) is 3.01.